The zero-order valence-corrected chi connectivity index (χ0v) is 10.8. The van der Waals surface area contributed by atoms with Gasteiger partial charge in [-0.2, -0.15) is 0 Å². The average molecular weight is 251 g/mol. The zero-order valence-electron chi connectivity index (χ0n) is 10.8. The molecular formula is C13H17NO4. The van der Waals surface area contributed by atoms with Gasteiger partial charge in [0.25, 0.3) is 5.69 Å². The summed E-state index contributed by atoms with van der Waals surface area (Å²) in [4.78, 5) is 10.6. The summed E-state index contributed by atoms with van der Waals surface area (Å²) in [5.74, 6) is 0.844. The van der Waals surface area contributed by atoms with Crippen LogP contribution in [0.15, 0.2) is 18.2 Å². The van der Waals surface area contributed by atoms with Crippen molar-refractivity contribution >= 4 is 11.8 Å². The molecule has 1 aromatic rings. The second-order valence-corrected chi connectivity index (χ2v) is 3.71. The van der Waals surface area contributed by atoms with Gasteiger partial charge in [-0.1, -0.05) is 25.5 Å². The largest absolute Gasteiger partial charge is 0.493 e. The maximum atomic E-state index is 11.0. The molecule has 0 heterocycles. The molecule has 5 heteroatoms. The minimum Gasteiger partial charge on any atom is -0.493 e. The first-order valence-corrected chi connectivity index (χ1v) is 5.71. The molecule has 0 spiro atoms. The molecule has 0 unspecified atom stereocenters. The van der Waals surface area contributed by atoms with E-state index in [0.29, 0.717) is 17.1 Å². The highest BCUT2D eigenvalue weighted by atomic mass is 16.6. The molecule has 0 aliphatic heterocycles. The monoisotopic (exact) mass is 251 g/mol. The third-order valence-electron chi connectivity index (χ3n) is 2.48. The molecule has 0 N–H and O–H groups in total. The summed E-state index contributed by atoms with van der Waals surface area (Å²) >= 11 is 0. The van der Waals surface area contributed by atoms with Crippen molar-refractivity contribution in [1.82, 2.24) is 0 Å². The van der Waals surface area contributed by atoms with E-state index in [2.05, 4.69) is 0 Å². The fraction of sp³-hybridized carbons (Fsp3) is 0.385. The summed E-state index contributed by atoms with van der Waals surface area (Å²) in [5, 5.41) is 11.0. The molecule has 0 bridgehead atoms. The summed E-state index contributed by atoms with van der Waals surface area (Å²) in [7, 11) is 2.96. The highest BCUT2D eigenvalue weighted by molar-refractivity contribution is 5.66. The summed E-state index contributed by atoms with van der Waals surface area (Å²) < 4.78 is 10.2. The van der Waals surface area contributed by atoms with Gasteiger partial charge in [-0.05, 0) is 12.5 Å². The van der Waals surface area contributed by atoms with E-state index in [-0.39, 0.29) is 5.69 Å². The Morgan fingerprint density at radius 1 is 1.28 bits per heavy atom. The van der Waals surface area contributed by atoms with Crippen LogP contribution in [0, 0.1) is 10.1 Å². The Morgan fingerprint density at radius 2 is 1.89 bits per heavy atom. The molecule has 98 valence electrons. The molecule has 1 rings (SSSR count). The minimum absolute atomic E-state index is 0.0139. The summed E-state index contributed by atoms with van der Waals surface area (Å²) in [5.41, 5.74) is 0.533. The smallest absolute Gasteiger partial charge is 0.280 e. The van der Waals surface area contributed by atoms with Crippen LogP contribution in [0.2, 0.25) is 0 Å². The lowest BCUT2D eigenvalue weighted by Gasteiger charge is -2.08. The predicted molar refractivity (Wildman–Crippen MR) is 70.1 cm³/mol. The van der Waals surface area contributed by atoms with Gasteiger partial charge in [-0.25, -0.2) is 0 Å². The van der Waals surface area contributed by atoms with Crippen molar-refractivity contribution < 1.29 is 14.4 Å². The second-order valence-electron chi connectivity index (χ2n) is 3.71. The first kappa shape index (κ1) is 14.0. The van der Waals surface area contributed by atoms with Crippen LogP contribution in [0.1, 0.15) is 25.3 Å². The van der Waals surface area contributed by atoms with Crippen molar-refractivity contribution in [2.45, 2.75) is 19.8 Å². The Kier molecular flexibility index (Phi) is 5.17. The lowest BCUT2D eigenvalue weighted by molar-refractivity contribution is -0.385. The number of allylic oxidation sites excluding steroid dienone is 1. The lowest BCUT2D eigenvalue weighted by Crippen LogP contribution is -1.96. The predicted octanol–water partition coefficient (Wildman–Crippen LogP) is 3.43. The van der Waals surface area contributed by atoms with Crippen LogP contribution in [0.5, 0.6) is 11.5 Å². The number of nitro groups is 1. The Labute approximate surface area is 106 Å². The fourth-order valence-corrected chi connectivity index (χ4v) is 1.55. The molecule has 18 heavy (non-hydrogen) atoms. The van der Waals surface area contributed by atoms with Crippen LogP contribution >= 0.6 is 0 Å². The SMILES string of the molecule is CCC/C=C/c1cc(OC)c(OC)cc1[N+](=O)[O-]. The molecule has 0 aromatic heterocycles. The maximum absolute atomic E-state index is 11.0. The molecule has 0 amide bonds. The third-order valence-corrected chi connectivity index (χ3v) is 2.48. The van der Waals surface area contributed by atoms with Crippen molar-refractivity contribution in [3.05, 3.63) is 33.9 Å². The number of nitrogens with zero attached hydrogens (tertiary/aromatic N) is 1. The van der Waals surface area contributed by atoms with Crippen LogP contribution in [0.3, 0.4) is 0 Å². The van der Waals surface area contributed by atoms with Gasteiger partial charge in [0.15, 0.2) is 11.5 Å². The third kappa shape index (κ3) is 3.23. The Balaban J connectivity index is 3.24. The minimum atomic E-state index is -0.423. The molecule has 0 atom stereocenters. The van der Waals surface area contributed by atoms with Crippen molar-refractivity contribution in [1.29, 1.82) is 0 Å². The zero-order chi connectivity index (χ0) is 13.5. The van der Waals surface area contributed by atoms with E-state index in [0.717, 1.165) is 12.8 Å². The van der Waals surface area contributed by atoms with Gasteiger partial charge in [0.05, 0.1) is 30.8 Å². The normalized spacial score (nSPS) is 10.6. The molecule has 0 aliphatic carbocycles. The lowest BCUT2D eigenvalue weighted by atomic mass is 10.1. The van der Waals surface area contributed by atoms with Crippen molar-refractivity contribution in [3.63, 3.8) is 0 Å². The average Bonchev–Trinajstić information content (AvgIpc) is 2.38. The Bertz CT molecular complexity index is 455. The topological polar surface area (TPSA) is 61.6 Å². The number of rotatable bonds is 6. The molecular weight excluding hydrogens is 234 g/mol. The number of hydrogen-bond acceptors (Lipinski definition) is 4. The van der Waals surface area contributed by atoms with Crippen LogP contribution in [-0.2, 0) is 0 Å². The Morgan fingerprint density at radius 3 is 2.39 bits per heavy atom. The van der Waals surface area contributed by atoms with Gasteiger partial charge in [-0.15, -0.1) is 0 Å². The van der Waals surface area contributed by atoms with E-state index in [1.807, 2.05) is 13.0 Å². The number of hydrogen-bond donors (Lipinski definition) is 0. The van der Waals surface area contributed by atoms with E-state index in [4.69, 9.17) is 9.47 Å². The highest BCUT2D eigenvalue weighted by Gasteiger charge is 2.17. The van der Waals surface area contributed by atoms with Crippen molar-refractivity contribution in [2.24, 2.45) is 0 Å². The van der Waals surface area contributed by atoms with E-state index in [9.17, 15) is 10.1 Å². The van der Waals surface area contributed by atoms with Crippen molar-refractivity contribution in [3.8, 4) is 11.5 Å². The molecule has 0 fully saturated rings. The summed E-state index contributed by atoms with van der Waals surface area (Å²) in [6.07, 6.45) is 5.53. The van der Waals surface area contributed by atoms with E-state index in [1.165, 1.54) is 20.3 Å². The van der Waals surface area contributed by atoms with Crippen LogP contribution in [-0.4, -0.2) is 19.1 Å². The second kappa shape index (κ2) is 6.64. The fourth-order valence-electron chi connectivity index (χ4n) is 1.55. The molecule has 0 saturated heterocycles. The molecule has 0 aliphatic rings. The highest BCUT2D eigenvalue weighted by Crippen LogP contribution is 2.35. The number of benzene rings is 1. The van der Waals surface area contributed by atoms with Gasteiger partial charge in [0.2, 0.25) is 0 Å². The van der Waals surface area contributed by atoms with Crippen LogP contribution < -0.4 is 9.47 Å². The molecule has 5 nitrogen and oxygen atoms in total. The number of nitro benzene ring substituents is 1. The van der Waals surface area contributed by atoms with Gasteiger partial charge < -0.3 is 9.47 Å². The number of methoxy groups -OCH3 is 2. The van der Waals surface area contributed by atoms with Crippen LogP contribution in [0.25, 0.3) is 6.08 Å². The van der Waals surface area contributed by atoms with E-state index < -0.39 is 4.92 Å². The molecule has 0 radical (unpaired) electrons. The Hall–Kier alpha value is -2.04. The van der Waals surface area contributed by atoms with Gasteiger partial charge in [0.1, 0.15) is 0 Å². The summed E-state index contributed by atoms with van der Waals surface area (Å²) in [6, 6.07) is 2.99. The number of unbranched alkanes of at least 4 members (excludes halogenated alkanes) is 1. The number of ether oxygens (including phenoxy) is 2. The molecule has 0 saturated carbocycles. The quantitative estimate of drug-likeness (QED) is 0.574. The first-order chi connectivity index (χ1) is 8.63. The van der Waals surface area contributed by atoms with Gasteiger partial charge in [0, 0.05) is 0 Å². The van der Waals surface area contributed by atoms with E-state index >= 15 is 0 Å². The van der Waals surface area contributed by atoms with E-state index in [1.54, 1.807) is 12.1 Å². The maximum Gasteiger partial charge on any atom is 0.280 e. The molecule has 1 aromatic carbocycles. The standard InChI is InChI=1S/C13H17NO4/c1-4-5-6-7-10-8-12(17-2)13(18-3)9-11(10)14(15)16/h6-9H,4-5H2,1-3H3/b7-6+. The van der Waals surface area contributed by atoms with Crippen molar-refractivity contribution in [2.75, 3.05) is 14.2 Å². The van der Waals surface area contributed by atoms with Gasteiger partial charge >= 0.3 is 0 Å². The summed E-state index contributed by atoms with van der Waals surface area (Å²) in [6.45, 7) is 2.05. The van der Waals surface area contributed by atoms with Gasteiger partial charge in [-0.3, -0.25) is 10.1 Å². The van der Waals surface area contributed by atoms with Crippen LogP contribution in [0.4, 0.5) is 5.69 Å². The first-order valence-electron chi connectivity index (χ1n) is 5.71.